The number of nitrogens with zero attached hydrogens (tertiary/aromatic N) is 9. The number of rotatable bonds is 46. The summed E-state index contributed by atoms with van der Waals surface area (Å²) in [5, 5.41) is 53.0. The summed E-state index contributed by atoms with van der Waals surface area (Å²) in [6, 6.07) is 31.9. The normalized spacial score (nSPS) is 11.7. The van der Waals surface area contributed by atoms with Gasteiger partial charge in [0.05, 0.1) is 66.0 Å². The minimum Gasteiger partial charge on any atom is -0.508 e. The van der Waals surface area contributed by atoms with E-state index in [2.05, 4.69) is 80.5 Å². The SMILES string of the molecule is CCCCc1nc2c(N)nc3ccc(CCCOCCCNC(=O)CI)cc3c2n1Cc1cc(O)ccc1O.CCCCc1nc2c(N)nc3ccc(CCCOCCCNC(=O)CI)cc3c2n1Cc1cccc(O)c1OP(=O)(O)O.CCCCc1nc2c(N)nc3ccc(CCCOCCCNC(=O)CI)cc3c2n1Cc1cccc(OP(=O)(O)O)c1O. The van der Waals surface area contributed by atoms with E-state index >= 15 is 0 Å². The molecule has 0 aliphatic carbocycles. The van der Waals surface area contributed by atoms with Crippen LogP contribution in [0.5, 0.6) is 34.5 Å². The zero-order valence-electron chi connectivity index (χ0n) is 70.2. The number of hydrogen-bond acceptors (Lipinski definition) is 23. The molecule has 0 fully saturated rings. The van der Waals surface area contributed by atoms with Crippen LogP contribution in [-0.2, 0) is 95.9 Å². The van der Waals surface area contributed by atoms with Crippen molar-refractivity contribution >= 4 is 184 Å². The van der Waals surface area contributed by atoms with E-state index in [4.69, 9.17) is 55.4 Å². The topological polar surface area (TPSA) is 500 Å². The third-order valence-corrected chi connectivity index (χ3v) is 23.4. The van der Waals surface area contributed by atoms with Crippen molar-refractivity contribution in [3.63, 3.8) is 0 Å². The van der Waals surface area contributed by atoms with E-state index < -0.39 is 15.6 Å². The summed E-state index contributed by atoms with van der Waals surface area (Å²) in [5.41, 5.74) is 30.3. The maximum atomic E-state index is 11.7. The number of ether oxygens (including phenoxy) is 3. The van der Waals surface area contributed by atoms with Gasteiger partial charge in [-0.25, -0.2) is 39.0 Å². The lowest BCUT2D eigenvalue weighted by Gasteiger charge is -2.16. The molecule has 6 aromatic carbocycles. The smallest absolute Gasteiger partial charge is 0.508 e. The molecule has 0 aliphatic rings. The van der Waals surface area contributed by atoms with Crippen molar-refractivity contribution in [1.82, 2.24) is 59.6 Å². The van der Waals surface area contributed by atoms with Gasteiger partial charge in [0.1, 0.15) is 45.5 Å². The number of aromatic nitrogens is 9. The Bertz CT molecular complexity index is 5790. The number of anilines is 3. The van der Waals surface area contributed by atoms with E-state index in [-0.39, 0.29) is 71.1 Å². The van der Waals surface area contributed by atoms with Crippen LogP contribution < -0.4 is 42.2 Å². The molecule has 6 aromatic heterocycles. The standard InChI is InChI=1S/2C29H37IN5O7P.C29H36IN5O4/c1-2-3-10-24-34-26-27(35(24)18-20-8-4-9-23(28(20)37)42-43(38,39)40)21-16-19(11-12-22(21)33-29(26)31)7-5-14-41-15-6-13-32-25(36)17-30;1-2-3-10-24-34-26-27(35(24)18-20-8-4-9-23(36)28(20)42-43(38,39)40)21-16-19(11-12-22(21)33-29(26)31)7-5-14-41-15-6-13-32-25(37)17-30;1-2-3-7-25-34-27-28(35(25)18-20-16-21(36)9-11-24(20)37)22-15-19(8-10-23(22)33-29(27)31)6-4-13-39-14-5-12-32-26(38)17-30/h4,8-9,11-12,16,37H,2-3,5-7,10,13-15,17-18H2,1H3,(H2,31,33)(H,32,36)(H2,38,39,40);4,8-9,11-12,16,36H,2-3,5-7,10,13-15,17-18H2,1H3,(H2,31,33)(H,32,37)(H2,38,39,40);8-11,15-16,36-37H,2-7,12-14,17-18H2,1H3,(H2,31,33)(H,32,38). The third kappa shape index (κ3) is 28.2. The first-order chi connectivity index (χ1) is 60.1. The predicted octanol–water partition coefficient (Wildman–Crippen LogP) is 14.1. The van der Waals surface area contributed by atoms with Crippen molar-refractivity contribution in [1.29, 1.82) is 0 Å². The molecule has 3 amide bonds. The van der Waals surface area contributed by atoms with E-state index in [1.807, 2.05) is 107 Å². The van der Waals surface area contributed by atoms with Crippen LogP contribution in [0, 0.1) is 0 Å². The molecule has 6 heterocycles. The number of aromatic hydroxyl groups is 4. The number of amides is 3. The van der Waals surface area contributed by atoms with Crippen LogP contribution in [0.4, 0.5) is 17.5 Å². The monoisotopic (exact) mass is 2100 g/mol. The lowest BCUT2D eigenvalue weighted by molar-refractivity contribution is -0.119. The van der Waals surface area contributed by atoms with E-state index in [1.54, 1.807) is 30.3 Å². The molecule has 0 bridgehead atoms. The number of phenols is 4. The van der Waals surface area contributed by atoms with Crippen LogP contribution in [0.25, 0.3) is 65.8 Å². The number of pyridine rings is 3. The summed E-state index contributed by atoms with van der Waals surface area (Å²) in [7, 11) is -9.80. The highest BCUT2D eigenvalue weighted by Crippen LogP contribution is 2.46. The van der Waals surface area contributed by atoms with Crippen LogP contribution in [0.2, 0.25) is 0 Å². The molecule has 125 heavy (non-hydrogen) atoms. The zero-order valence-corrected chi connectivity index (χ0v) is 78.4. The van der Waals surface area contributed by atoms with Gasteiger partial charge in [-0.15, -0.1) is 0 Å². The predicted molar refractivity (Wildman–Crippen MR) is 510 cm³/mol. The van der Waals surface area contributed by atoms with Crippen LogP contribution in [0.1, 0.15) is 149 Å². The summed E-state index contributed by atoms with van der Waals surface area (Å²) in [6.07, 6.45) is 14.9. The number of imidazole rings is 3. The molecular weight excluding hydrogens is 1990 g/mol. The minimum atomic E-state index is -4.93. The lowest BCUT2D eigenvalue weighted by atomic mass is 10.1. The van der Waals surface area contributed by atoms with Gasteiger partial charge in [-0.05, 0) is 160 Å². The largest absolute Gasteiger partial charge is 0.524 e. The molecule has 0 unspecified atom stereocenters. The van der Waals surface area contributed by atoms with Gasteiger partial charge in [0, 0.05) is 111 Å². The van der Waals surface area contributed by atoms with Crippen LogP contribution in [0.3, 0.4) is 0 Å². The van der Waals surface area contributed by atoms with Crippen molar-refractivity contribution in [2.24, 2.45) is 0 Å². The Morgan fingerprint density at radius 2 is 0.768 bits per heavy atom. The molecular formula is C87H110I3N15O18P2. The van der Waals surface area contributed by atoms with Gasteiger partial charge < -0.3 is 90.5 Å². The average molecular weight is 2100 g/mol. The molecule has 17 N–H and O–H groups in total. The first kappa shape index (κ1) is 98.1. The number of carbonyl (C=O) groups excluding carboxylic acids is 3. The van der Waals surface area contributed by atoms with Crippen molar-refractivity contribution in [2.45, 2.75) is 156 Å². The Morgan fingerprint density at radius 1 is 0.408 bits per heavy atom. The summed E-state index contributed by atoms with van der Waals surface area (Å²) < 4.78 is 57.4. The minimum absolute atomic E-state index is 0.0258. The fourth-order valence-electron chi connectivity index (χ4n) is 14.4. The molecule has 0 saturated heterocycles. The number of halogens is 3. The second-order valence-corrected chi connectivity index (χ2v) is 34.6. The number of alkyl halides is 3. The first-order valence-electron chi connectivity index (χ1n) is 41.7. The second-order valence-electron chi connectivity index (χ2n) is 30.0. The Hall–Kier alpha value is -9.06. The van der Waals surface area contributed by atoms with E-state index in [0.29, 0.717) is 148 Å². The van der Waals surface area contributed by atoms with Crippen molar-refractivity contribution in [3.8, 4) is 34.5 Å². The van der Waals surface area contributed by atoms with Crippen LogP contribution >= 0.6 is 83.4 Å². The molecule has 12 aromatic rings. The average Bonchev–Trinajstić information content (AvgIpc) is 1.62. The van der Waals surface area contributed by atoms with E-state index in [0.717, 1.165) is 175 Å². The van der Waals surface area contributed by atoms with Crippen LogP contribution in [-0.4, -0.2) is 174 Å². The Kier molecular flexibility index (Phi) is 37.8. The fraction of sp³-hybridized carbons (Fsp3) is 0.414. The number of aryl methyl sites for hydroxylation is 6. The van der Waals surface area contributed by atoms with E-state index in [1.165, 1.54) is 24.3 Å². The summed E-state index contributed by atoms with van der Waals surface area (Å²) in [5.74, 6) is 2.39. The number of phosphoric acid groups is 2. The molecule has 12 rings (SSSR count). The van der Waals surface area contributed by atoms with E-state index in [9.17, 15) is 63.5 Å². The molecule has 33 nitrogen and oxygen atoms in total. The number of carbonyl (C=O) groups is 3. The third-order valence-electron chi connectivity index (χ3n) is 20.4. The molecule has 0 atom stereocenters. The van der Waals surface area contributed by atoms with Crippen molar-refractivity contribution in [3.05, 3.63) is 160 Å². The number of para-hydroxylation sites is 2. The maximum absolute atomic E-state index is 11.7. The van der Waals surface area contributed by atoms with Crippen molar-refractivity contribution < 1.29 is 86.8 Å². The van der Waals surface area contributed by atoms with Gasteiger partial charge in [0.25, 0.3) is 0 Å². The van der Waals surface area contributed by atoms with Gasteiger partial charge >= 0.3 is 15.6 Å². The molecule has 38 heteroatoms. The van der Waals surface area contributed by atoms with Gasteiger partial charge in [-0.2, -0.15) is 0 Å². The summed E-state index contributed by atoms with van der Waals surface area (Å²) in [6.45, 7) is 12.4. The summed E-state index contributed by atoms with van der Waals surface area (Å²) in [4.78, 5) is 99.9. The number of nitrogens with two attached hydrogens (primary N) is 3. The second kappa shape index (κ2) is 48.2. The molecule has 0 saturated carbocycles. The number of nitrogens with one attached hydrogen (secondary N) is 3. The molecule has 672 valence electrons. The van der Waals surface area contributed by atoms with Gasteiger partial charge in [-0.1, -0.05) is 150 Å². The molecule has 0 radical (unpaired) electrons. The highest BCUT2D eigenvalue weighted by Gasteiger charge is 2.28. The zero-order chi connectivity index (χ0) is 89.7. The van der Waals surface area contributed by atoms with Crippen molar-refractivity contribution in [2.75, 3.05) is 89.8 Å². The number of nitrogen functional groups attached to an aromatic ring is 3. The molecule has 0 aliphatic heterocycles. The highest BCUT2D eigenvalue weighted by molar-refractivity contribution is 14.1. The number of fused-ring (bicyclic) bond motifs is 9. The Labute approximate surface area is 765 Å². The van der Waals surface area contributed by atoms with Gasteiger partial charge in [0.2, 0.25) is 17.7 Å². The Morgan fingerprint density at radius 3 is 1.14 bits per heavy atom. The number of phosphoric ester groups is 2. The number of hydrogen-bond donors (Lipinski definition) is 14. The van der Waals surface area contributed by atoms with Crippen LogP contribution in [0.15, 0.2) is 109 Å². The first-order valence-corrected chi connectivity index (χ1v) is 49.3. The molecule has 0 spiro atoms. The fourth-order valence-corrected chi connectivity index (χ4v) is 16.0. The quantitative estimate of drug-likeness (QED) is 0.00554. The van der Waals surface area contributed by atoms with Gasteiger partial charge in [-0.3, -0.25) is 34.0 Å². The number of unbranched alkanes of at least 4 members (excludes halogenated alkanes) is 3. The lowest BCUT2D eigenvalue weighted by Crippen LogP contribution is -2.25. The maximum Gasteiger partial charge on any atom is 0.524 e. The Balaban J connectivity index is 0.000000196. The van der Waals surface area contributed by atoms with Gasteiger partial charge in [0.15, 0.2) is 40.5 Å². The number of benzene rings is 6. The summed E-state index contributed by atoms with van der Waals surface area (Å²) >= 11 is 6.11. The number of phenolic OH excluding ortho intramolecular Hbond substituents is 4. The highest BCUT2D eigenvalue weighted by atomic mass is 127.